The number of aromatic carboxylic acids is 1. The standard InChI is InChI=1S/C18H14ClN3O2/c19-13-5-1-11(2-6-13)16-15-9-10-20-17(15)22(21-16)14-7-3-12(4-8-14)18(23)24/h1-8,20H,9-10H2,(H,23,24). The second-order valence-corrected chi connectivity index (χ2v) is 6.06. The number of fused-ring (bicyclic) bond motifs is 1. The molecular weight excluding hydrogens is 326 g/mol. The predicted molar refractivity (Wildman–Crippen MR) is 93.2 cm³/mol. The minimum Gasteiger partial charge on any atom is -0.478 e. The Bertz CT molecular complexity index is 915. The van der Waals surface area contributed by atoms with Crippen LogP contribution in [0.2, 0.25) is 5.02 Å². The molecule has 1 aromatic heterocycles. The quantitative estimate of drug-likeness (QED) is 0.760. The van der Waals surface area contributed by atoms with E-state index in [1.54, 1.807) is 24.3 Å². The molecule has 24 heavy (non-hydrogen) atoms. The van der Waals surface area contributed by atoms with Gasteiger partial charge in [0.15, 0.2) is 0 Å². The molecule has 0 saturated carbocycles. The number of rotatable bonds is 3. The molecule has 120 valence electrons. The van der Waals surface area contributed by atoms with Gasteiger partial charge in [-0.05, 0) is 42.8 Å². The number of hydrogen-bond donors (Lipinski definition) is 2. The second kappa shape index (κ2) is 5.69. The van der Waals surface area contributed by atoms with Crippen molar-refractivity contribution in [3.63, 3.8) is 0 Å². The predicted octanol–water partition coefficient (Wildman–Crippen LogP) is 3.86. The van der Waals surface area contributed by atoms with E-state index in [-0.39, 0.29) is 5.56 Å². The van der Waals surface area contributed by atoms with E-state index in [1.807, 2.05) is 28.9 Å². The normalized spacial score (nSPS) is 12.7. The molecule has 0 unspecified atom stereocenters. The maximum Gasteiger partial charge on any atom is 0.335 e. The Morgan fingerprint density at radius 1 is 1.12 bits per heavy atom. The highest BCUT2D eigenvalue weighted by Gasteiger charge is 2.23. The van der Waals surface area contributed by atoms with Gasteiger partial charge < -0.3 is 10.4 Å². The van der Waals surface area contributed by atoms with Crippen molar-refractivity contribution in [3.05, 3.63) is 64.7 Å². The summed E-state index contributed by atoms with van der Waals surface area (Å²) < 4.78 is 1.83. The zero-order valence-corrected chi connectivity index (χ0v) is 13.4. The van der Waals surface area contributed by atoms with Gasteiger partial charge in [0.25, 0.3) is 0 Å². The number of halogens is 1. The lowest BCUT2D eigenvalue weighted by atomic mass is 10.1. The molecule has 0 atom stereocenters. The van der Waals surface area contributed by atoms with E-state index in [2.05, 4.69) is 5.32 Å². The zero-order chi connectivity index (χ0) is 16.7. The highest BCUT2D eigenvalue weighted by Crippen LogP contribution is 2.34. The van der Waals surface area contributed by atoms with Crippen LogP contribution in [0.1, 0.15) is 15.9 Å². The van der Waals surface area contributed by atoms with Crippen molar-refractivity contribution in [1.82, 2.24) is 9.78 Å². The van der Waals surface area contributed by atoms with Crippen molar-refractivity contribution in [2.75, 3.05) is 11.9 Å². The molecule has 4 rings (SSSR count). The van der Waals surface area contributed by atoms with Gasteiger partial charge in [0.2, 0.25) is 0 Å². The van der Waals surface area contributed by atoms with E-state index in [9.17, 15) is 4.79 Å². The summed E-state index contributed by atoms with van der Waals surface area (Å²) in [4.78, 5) is 11.0. The maximum atomic E-state index is 11.0. The number of benzene rings is 2. The molecule has 1 aliphatic rings. The van der Waals surface area contributed by atoms with Crippen LogP contribution in [-0.4, -0.2) is 27.4 Å². The summed E-state index contributed by atoms with van der Waals surface area (Å²) >= 11 is 5.97. The van der Waals surface area contributed by atoms with Gasteiger partial charge in [-0.15, -0.1) is 0 Å². The van der Waals surface area contributed by atoms with Crippen molar-refractivity contribution < 1.29 is 9.90 Å². The van der Waals surface area contributed by atoms with Gasteiger partial charge in [-0.25, -0.2) is 9.48 Å². The van der Waals surface area contributed by atoms with Crippen LogP contribution in [0.25, 0.3) is 16.9 Å². The van der Waals surface area contributed by atoms with Crippen LogP contribution in [0.3, 0.4) is 0 Å². The third-order valence-corrected chi connectivity index (χ3v) is 4.38. The molecule has 0 amide bonds. The summed E-state index contributed by atoms with van der Waals surface area (Å²) in [5.74, 6) is 0.0234. The fourth-order valence-corrected chi connectivity index (χ4v) is 3.07. The van der Waals surface area contributed by atoms with E-state index in [0.717, 1.165) is 35.7 Å². The van der Waals surface area contributed by atoms with Gasteiger partial charge in [-0.3, -0.25) is 0 Å². The fourth-order valence-electron chi connectivity index (χ4n) is 2.95. The third-order valence-electron chi connectivity index (χ3n) is 4.13. The number of carboxylic acids is 1. The molecule has 0 spiro atoms. The molecule has 0 bridgehead atoms. The number of carbonyl (C=O) groups is 1. The van der Waals surface area contributed by atoms with E-state index in [4.69, 9.17) is 21.8 Å². The minimum absolute atomic E-state index is 0.258. The molecule has 6 heteroatoms. The molecule has 2 heterocycles. The van der Waals surface area contributed by atoms with Crippen LogP contribution in [0, 0.1) is 0 Å². The van der Waals surface area contributed by atoms with E-state index in [0.29, 0.717) is 5.02 Å². The van der Waals surface area contributed by atoms with Gasteiger partial charge >= 0.3 is 5.97 Å². The molecule has 5 nitrogen and oxygen atoms in total. The van der Waals surface area contributed by atoms with Gasteiger partial charge in [0.1, 0.15) is 5.82 Å². The van der Waals surface area contributed by atoms with Crippen LogP contribution in [0.5, 0.6) is 0 Å². The summed E-state index contributed by atoms with van der Waals surface area (Å²) in [5.41, 5.74) is 4.19. The first-order valence-corrected chi connectivity index (χ1v) is 7.97. The SMILES string of the molecule is O=C(O)c1ccc(-n2nc(-c3ccc(Cl)cc3)c3c2NCC3)cc1. The number of hydrogen-bond acceptors (Lipinski definition) is 3. The van der Waals surface area contributed by atoms with E-state index < -0.39 is 5.97 Å². The lowest BCUT2D eigenvalue weighted by molar-refractivity contribution is 0.0697. The summed E-state index contributed by atoms with van der Waals surface area (Å²) in [6, 6.07) is 14.3. The van der Waals surface area contributed by atoms with Crippen LogP contribution in [-0.2, 0) is 6.42 Å². The average Bonchev–Trinajstić information content (AvgIpc) is 3.18. The minimum atomic E-state index is -0.938. The Morgan fingerprint density at radius 2 is 1.83 bits per heavy atom. The van der Waals surface area contributed by atoms with Crippen molar-refractivity contribution in [1.29, 1.82) is 0 Å². The summed E-state index contributed by atoms with van der Waals surface area (Å²) in [6.07, 6.45) is 0.903. The molecule has 2 N–H and O–H groups in total. The molecule has 1 aliphatic heterocycles. The van der Waals surface area contributed by atoms with Crippen molar-refractivity contribution >= 4 is 23.4 Å². The van der Waals surface area contributed by atoms with Crippen molar-refractivity contribution in [2.45, 2.75) is 6.42 Å². The van der Waals surface area contributed by atoms with Gasteiger partial charge in [0.05, 0.1) is 16.9 Å². The number of carboxylic acid groups (broad SMARTS) is 1. The van der Waals surface area contributed by atoms with Crippen molar-refractivity contribution in [3.8, 4) is 16.9 Å². The molecule has 3 aromatic rings. The van der Waals surface area contributed by atoms with Crippen LogP contribution in [0.15, 0.2) is 48.5 Å². The lowest BCUT2D eigenvalue weighted by Gasteiger charge is -2.06. The Hall–Kier alpha value is -2.79. The largest absolute Gasteiger partial charge is 0.478 e. The lowest BCUT2D eigenvalue weighted by Crippen LogP contribution is -2.05. The van der Waals surface area contributed by atoms with E-state index in [1.165, 1.54) is 5.56 Å². The summed E-state index contributed by atoms with van der Waals surface area (Å²) in [7, 11) is 0. The average molecular weight is 340 g/mol. The number of anilines is 1. The molecule has 0 radical (unpaired) electrons. The zero-order valence-electron chi connectivity index (χ0n) is 12.7. The number of aromatic nitrogens is 2. The van der Waals surface area contributed by atoms with Crippen LogP contribution in [0.4, 0.5) is 5.82 Å². The first kappa shape index (κ1) is 14.8. The van der Waals surface area contributed by atoms with Gasteiger partial charge in [-0.1, -0.05) is 23.7 Å². The molecule has 0 aliphatic carbocycles. The smallest absolute Gasteiger partial charge is 0.335 e. The Kier molecular flexibility index (Phi) is 3.50. The van der Waals surface area contributed by atoms with Crippen molar-refractivity contribution in [2.24, 2.45) is 0 Å². The number of nitrogens with zero attached hydrogens (tertiary/aromatic N) is 2. The first-order chi connectivity index (χ1) is 11.6. The summed E-state index contributed by atoms with van der Waals surface area (Å²) in [5, 5.41) is 17.8. The molecule has 2 aromatic carbocycles. The summed E-state index contributed by atoms with van der Waals surface area (Å²) in [6.45, 7) is 0.862. The Balaban J connectivity index is 1.81. The van der Waals surface area contributed by atoms with E-state index >= 15 is 0 Å². The molecule has 0 saturated heterocycles. The third kappa shape index (κ3) is 2.43. The first-order valence-electron chi connectivity index (χ1n) is 7.59. The second-order valence-electron chi connectivity index (χ2n) is 5.62. The van der Waals surface area contributed by atoms with Gasteiger partial charge in [0, 0.05) is 22.7 Å². The monoisotopic (exact) mass is 339 g/mol. The topological polar surface area (TPSA) is 67.1 Å². The van der Waals surface area contributed by atoms with Crippen LogP contribution < -0.4 is 5.32 Å². The maximum absolute atomic E-state index is 11.0. The molecular formula is C18H14ClN3O2. The molecule has 0 fully saturated rings. The highest BCUT2D eigenvalue weighted by atomic mass is 35.5. The number of nitrogens with one attached hydrogen (secondary N) is 1. The Morgan fingerprint density at radius 3 is 2.50 bits per heavy atom. The van der Waals surface area contributed by atoms with Gasteiger partial charge in [-0.2, -0.15) is 5.10 Å². The fraction of sp³-hybridized carbons (Fsp3) is 0.111. The van der Waals surface area contributed by atoms with Crippen LogP contribution >= 0.6 is 11.6 Å². The highest BCUT2D eigenvalue weighted by molar-refractivity contribution is 6.30. The Labute approximate surface area is 143 Å².